The smallest absolute Gasteiger partial charge is 0.340 e. The zero-order valence-corrected chi connectivity index (χ0v) is 21.4. The van der Waals surface area contributed by atoms with Crippen molar-refractivity contribution in [2.24, 2.45) is 0 Å². The highest BCUT2D eigenvalue weighted by Crippen LogP contribution is 2.53. The molecular weight excluding hydrogens is 556 g/mol. The first-order valence-corrected chi connectivity index (χ1v) is 11.6. The Morgan fingerprint density at radius 1 is 0.818 bits per heavy atom. The van der Waals surface area contributed by atoms with E-state index < -0.39 is 17.5 Å². The molecule has 3 aromatic rings. The SMILES string of the molecule is Cc1c(Br)cc(C2(c3cc(Br)c(C)c(O)c3C)OC(=O)c3ccc(C(=O)O)cc32)c(C)c1O. The van der Waals surface area contributed by atoms with E-state index in [1.165, 1.54) is 18.2 Å². The molecule has 0 unspecified atom stereocenters. The van der Waals surface area contributed by atoms with E-state index in [1.807, 2.05) is 0 Å². The lowest BCUT2D eigenvalue weighted by atomic mass is 9.75. The lowest BCUT2D eigenvalue weighted by molar-refractivity contribution is 0.0246. The van der Waals surface area contributed by atoms with Crippen LogP contribution in [0.5, 0.6) is 11.5 Å². The second-order valence-corrected chi connectivity index (χ2v) is 9.85. The monoisotopic (exact) mass is 574 g/mol. The van der Waals surface area contributed by atoms with Gasteiger partial charge in [0.1, 0.15) is 11.5 Å². The fraction of sp³-hybridized carbons (Fsp3) is 0.200. The Morgan fingerprint density at radius 3 is 1.76 bits per heavy atom. The van der Waals surface area contributed by atoms with Gasteiger partial charge in [0.15, 0.2) is 5.60 Å². The van der Waals surface area contributed by atoms with Crippen molar-refractivity contribution < 1.29 is 29.6 Å². The van der Waals surface area contributed by atoms with Gasteiger partial charge >= 0.3 is 11.9 Å². The molecule has 4 rings (SSSR count). The molecule has 33 heavy (non-hydrogen) atoms. The van der Waals surface area contributed by atoms with Crippen molar-refractivity contribution in [1.29, 1.82) is 0 Å². The molecule has 1 aliphatic rings. The summed E-state index contributed by atoms with van der Waals surface area (Å²) < 4.78 is 7.27. The van der Waals surface area contributed by atoms with Crippen molar-refractivity contribution in [2.45, 2.75) is 33.3 Å². The molecule has 0 aromatic heterocycles. The van der Waals surface area contributed by atoms with Gasteiger partial charge in [-0.05, 0) is 69.2 Å². The van der Waals surface area contributed by atoms with Crippen molar-refractivity contribution in [2.75, 3.05) is 0 Å². The summed E-state index contributed by atoms with van der Waals surface area (Å²) >= 11 is 6.95. The number of benzene rings is 3. The average molecular weight is 576 g/mol. The zero-order chi connectivity index (χ0) is 24.4. The summed E-state index contributed by atoms with van der Waals surface area (Å²) in [5.74, 6) is -1.75. The van der Waals surface area contributed by atoms with Crippen LogP contribution in [0.4, 0.5) is 0 Å². The third kappa shape index (κ3) is 3.27. The van der Waals surface area contributed by atoms with Gasteiger partial charge in [-0.3, -0.25) is 0 Å². The van der Waals surface area contributed by atoms with Gasteiger partial charge in [-0.1, -0.05) is 31.9 Å². The predicted octanol–water partition coefficient (Wildman–Crippen LogP) is 6.02. The molecular formula is C25H20Br2O6. The fourth-order valence-electron chi connectivity index (χ4n) is 4.40. The molecule has 1 heterocycles. The van der Waals surface area contributed by atoms with Crippen LogP contribution in [-0.4, -0.2) is 27.3 Å². The standard InChI is InChI=1S/C25H20Br2O6/c1-10-16(8-19(26)12(3)21(10)28)25(17-9-20(27)13(4)22(29)11(17)2)18-7-14(23(30)31)5-6-15(18)24(32)33-25/h5-9,28-29H,1-4H3,(H,30,31). The van der Waals surface area contributed by atoms with Crippen LogP contribution in [0.25, 0.3) is 0 Å². The van der Waals surface area contributed by atoms with Crippen LogP contribution < -0.4 is 0 Å². The summed E-state index contributed by atoms with van der Waals surface area (Å²) in [5, 5.41) is 31.3. The van der Waals surface area contributed by atoms with Gasteiger partial charge in [0, 0.05) is 36.8 Å². The zero-order valence-electron chi connectivity index (χ0n) is 18.2. The Bertz CT molecular complexity index is 1310. The molecule has 3 N–H and O–H groups in total. The number of halogens is 2. The van der Waals surface area contributed by atoms with Crippen LogP contribution in [-0.2, 0) is 10.3 Å². The predicted molar refractivity (Wildman–Crippen MR) is 129 cm³/mol. The van der Waals surface area contributed by atoms with E-state index in [-0.39, 0.29) is 22.6 Å². The van der Waals surface area contributed by atoms with E-state index in [1.54, 1.807) is 39.8 Å². The summed E-state index contributed by atoms with van der Waals surface area (Å²) in [5.41, 5.74) is 1.97. The highest BCUT2D eigenvalue weighted by Gasteiger charge is 2.51. The minimum Gasteiger partial charge on any atom is -0.507 e. The number of aromatic hydroxyl groups is 2. The Balaban J connectivity index is 2.24. The number of carboxylic acid groups (broad SMARTS) is 1. The van der Waals surface area contributed by atoms with Gasteiger partial charge < -0.3 is 20.1 Å². The molecule has 3 aromatic carbocycles. The number of phenolic OH excluding ortho intramolecular Hbond substituents is 2. The van der Waals surface area contributed by atoms with E-state index in [9.17, 15) is 24.9 Å². The molecule has 0 atom stereocenters. The average Bonchev–Trinajstić information content (AvgIpc) is 3.08. The third-order valence-corrected chi connectivity index (χ3v) is 8.00. The second-order valence-electron chi connectivity index (χ2n) is 8.15. The van der Waals surface area contributed by atoms with E-state index in [0.717, 1.165) is 0 Å². The minimum absolute atomic E-state index is 0.0162. The molecule has 0 radical (unpaired) electrons. The number of cyclic esters (lactones) is 1. The maximum Gasteiger partial charge on any atom is 0.340 e. The van der Waals surface area contributed by atoms with Crippen molar-refractivity contribution in [3.63, 3.8) is 0 Å². The topological polar surface area (TPSA) is 104 Å². The molecule has 170 valence electrons. The van der Waals surface area contributed by atoms with Crippen LogP contribution in [0.15, 0.2) is 39.3 Å². The second kappa shape index (κ2) is 7.88. The number of rotatable bonds is 3. The van der Waals surface area contributed by atoms with Crippen LogP contribution in [0.3, 0.4) is 0 Å². The van der Waals surface area contributed by atoms with Crippen LogP contribution in [0, 0.1) is 27.7 Å². The molecule has 0 saturated heterocycles. The van der Waals surface area contributed by atoms with Gasteiger partial charge in [0.2, 0.25) is 0 Å². The van der Waals surface area contributed by atoms with Gasteiger partial charge in [-0.2, -0.15) is 0 Å². The number of ether oxygens (including phenoxy) is 1. The number of phenols is 2. The fourth-order valence-corrected chi connectivity index (χ4v) is 5.24. The summed E-state index contributed by atoms with van der Waals surface area (Å²) in [4.78, 5) is 24.9. The molecule has 0 spiro atoms. The van der Waals surface area contributed by atoms with Crippen molar-refractivity contribution >= 4 is 43.8 Å². The largest absolute Gasteiger partial charge is 0.507 e. The Kier molecular flexibility index (Phi) is 5.57. The van der Waals surface area contributed by atoms with Gasteiger partial charge in [0.05, 0.1) is 11.1 Å². The Morgan fingerprint density at radius 2 is 1.30 bits per heavy atom. The first kappa shape index (κ1) is 23.3. The van der Waals surface area contributed by atoms with Crippen molar-refractivity contribution in [3.05, 3.63) is 89.3 Å². The van der Waals surface area contributed by atoms with E-state index >= 15 is 0 Å². The Labute approximate surface area is 207 Å². The number of esters is 1. The maximum atomic E-state index is 13.1. The number of fused-ring (bicyclic) bond motifs is 1. The number of hydrogen-bond acceptors (Lipinski definition) is 5. The maximum absolute atomic E-state index is 13.1. The highest BCUT2D eigenvalue weighted by atomic mass is 79.9. The molecule has 0 amide bonds. The summed E-state index contributed by atoms with van der Waals surface area (Å²) in [6.07, 6.45) is 0. The normalized spacial score (nSPS) is 14.2. The number of aromatic carboxylic acids is 1. The first-order chi connectivity index (χ1) is 15.4. The number of hydrogen-bond donors (Lipinski definition) is 3. The molecule has 0 saturated carbocycles. The Hall–Kier alpha value is -2.84. The highest BCUT2D eigenvalue weighted by molar-refractivity contribution is 9.10. The first-order valence-electron chi connectivity index (χ1n) is 10.0. The molecule has 6 nitrogen and oxygen atoms in total. The minimum atomic E-state index is -1.60. The van der Waals surface area contributed by atoms with Gasteiger partial charge in [-0.15, -0.1) is 0 Å². The van der Waals surface area contributed by atoms with E-state index in [0.29, 0.717) is 47.9 Å². The van der Waals surface area contributed by atoms with Gasteiger partial charge in [0.25, 0.3) is 0 Å². The summed E-state index contributed by atoms with van der Waals surface area (Å²) in [6, 6.07) is 7.70. The van der Waals surface area contributed by atoms with Crippen molar-refractivity contribution in [3.8, 4) is 11.5 Å². The van der Waals surface area contributed by atoms with Gasteiger partial charge in [-0.25, -0.2) is 9.59 Å². The number of carbonyl (C=O) groups is 2. The number of carbonyl (C=O) groups excluding carboxylic acids is 1. The molecule has 0 fully saturated rings. The summed E-state index contributed by atoms with van der Waals surface area (Å²) in [7, 11) is 0. The molecule has 8 heteroatoms. The van der Waals surface area contributed by atoms with E-state index in [4.69, 9.17) is 4.74 Å². The molecule has 1 aliphatic heterocycles. The van der Waals surface area contributed by atoms with E-state index in [2.05, 4.69) is 31.9 Å². The lowest BCUT2D eigenvalue weighted by Crippen LogP contribution is -2.32. The summed E-state index contributed by atoms with van der Waals surface area (Å²) in [6.45, 7) is 6.91. The number of carboxylic acids is 1. The van der Waals surface area contributed by atoms with Crippen molar-refractivity contribution in [1.82, 2.24) is 0 Å². The third-order valence-electron chi connectivity index (χ3n) is 6.36. The quantitative estimate of drug-likeness (QED) is 0.330. The molecule has 0 aliphatic carbocycles. The lowest BCUT2D eigenvalue weighted by Gasteiger charge is -2.34. The molecule has 0 bridgehead atoms. The van der Waals surface area contributed by atoms with Crippen LogP contribution in [0.1, 0.15) is 59.7 Å². The van der Waals surface area contributed by atoms with Crippen LogP contribution in [0.2, 0.25) is 0 Å². The van der Waals surface area contributed by atoms with Crippen LogP contribution >= 0.6 is 31.9 Å².